The lowest BCUT2D eigenvalue weighted by atomic mass is 10.2. The van der Waals surface area contributed by atoms with Crippen LogP contribution in [0.15, 0.2) is 40.2 Å². The van der Waals surface area contributed by atoms with E-state index in [1.54, 1.807) is 16.2 Å². The van der Waals surface area contributed by atoms with Crippen molar-refractivity contribution in [2.45, 2.75) is 6.54 Å². The monoisotopic (exact) mass is 351 g/mol. The highest BCUT2D eigenvalue weighted by Crippen LogP contribution is 2.25. The fourth-order valence-electron chi connectivity index (χ4n) is 2.14. The maximum Gasteiger partial charge on any atom is 0.321 e. The molecule has 1 aliphatic heterocycles. The van der Waals surface area contributed by atoms with E-state index in [1.165, 1.54) is 4.88 Å². The number of carbonyl (C=O) groups is 1. The molecule has 4 nitrogen and oxygen atoms in total. The first-order valence-corrected chi connectivity index (χ1v) is 8.02. The Morgan fingerprint density at radius 1 is 1.40 bits per heavy atom. The van der Waals surface area contributed by atoms with Gasteiger partial charge < -0.3 is 10.6 Å². The number of rotatable bonds is 4. The zero-order chi connectivity index (χ0) is 13.9. The second-order valence-electron chi connectivity index (χ2n) is 4.48. The molecule has 1 aromatic heterocycles. The molecule has 3 rings (SSSR count). The van der Waals surface area contributed by atoms with Crippen LogP contribution in [-0.2, 0) is 6.54 Å². The number of thiophene rings is 1. The average Bonchev–Trinajstić information content (AvgIpc) is 3.05. The minimum absolute atomic E-state index is 0.0249. The van der Waals surface area contributed by atoms with Crippen molar-refractivity contribution in [1.29, 1.82) is 0 Å². The number of anilines is 2. The van der Waals surface area contributed by atoms with Crippen LogP contribution in [0.25, 0.3) is 0 Å². The summed E-state index contributed by atoms with van der Waals surface area (Å²) in [5, 5.41) is 8.26. The molecular weight excluding hydrogens is 338 g/mol. The highest BCUT2D eigenvalue weighted by molar-refractivity contribution is 9.10. The highest BCUT2D eigenvalue weighted by Gasteiger charge is 2.20. The second-order valence-corrected chi connectivity index (χ2v) is 6.33. The Balaban J connectivity index is 1.71. The van der Waals surface area contributed by atoms with Crippen molar-refractivity contribution >= 4 is 44.7 Å². The summed E-state index contributed by atoms with van der Waals surface area (Å²) in [6, 6.07) is 9.96. The average molecular weight is 352 g/mol. The highest BCUT2D eigenvalue weighted by atomic mass is 79.9. The lowest BCUT2D eigenvalue weighted by Gasteiger charge is -2.15. The van der Waals surface area contributed by atoms with E-state index in [4.69, 9.17) is 0 Å². The summed E-state index contributed by atoms with van der Waals surface area (Å²) in [5.74, 6) is 0. The van der Waals surface area contributed by atoms with E-state index in [0.29, 0.717) is 6.54 Å². The first kappa shape index (κ1) is 13.5. The summed E-state index contributed by atoms with van der Waals surface area (Å²) in [5.41, 5.74) is 1.94. The van der Waals surface area contributed by atoms with E-state index in [1.807, 2.05) is 30.3 Å². The molecule has 20 heavy (non-hydrogen) atoms. The Hall–Kier alpha value is -1.53. The Bertz CT molecular complexity index is 628. The maximum absolute atomic E-state index is 11.7. The van der Waals surface area contributed by atoms with Gasteiger partial charge in [0, 0.05) is 33.8 Å². The molecule has 0 unspecified atom stereocenters. The third-order valence-corrected chi connectivity index (χ3v) is 5.09. The minimum Gasteiger partial charge on any atom is -0.380 e. The third kappa shape index (κ3) is 2.81. The predicted octanol–water partition coefficient (Wildman–Crippen LogP) is 3.65. The summed E-state index contributed by atoms with van der Waals surface area (Å²) < 4.78 is 1.13. The second kappa shape index (κ2) is 5.85. The van der Waals surface area contributed by atoms with Gasteiger partial charge in [0.2, 0.25) is 0 Å². The van der Waals surface area contributed by atoms with Crippen molar-refractivity contribution in [2.24, 2.45) is 0 Å². The summed E-state index contributed by atoms with van der Waals surface area (Å²) >= 11 is 5.24. The summed E-state index contributed by atoms with van der Waals surface area (Å²) in [7, 11) is 0. The van der Waals surface area contributed by atoms with Gasteiger partial charge in [-0.15, -0.1) is 11.3 Å². The van der Waals surface area contributed by atoms with Crippen LogP contribution in [0.1, 0.15) is 4.88 Å². The van der Waals surface area contributed by atoms with Gasteiger partial charge in [-0.3, -0.25) is 4.90 Å². The number of benzene rings is 1. The zero-order valence-electron chi connectivity index (χ0n) is 10.7. The van der Waals surface area contributed by atoms with Gasteiger partial charge in [-0.1, -0.05) is 6.07 Å². The first-order chi connectivity index (χ1) is 9.74. The molecule has 0 saturated carbocycles. The molecule has 2 amide bonds. The lowest BCUT2D eigenvalue weighted by molar-refractivity contribution is 0.252. The molecule has 2 aromatic rings. The number of urea groups is 1. The van der Waals surface area contributed by atoms with Crippen molar-refractivity contribution in [3.8, 4) is 0 Å². The number of halogens is 1. The zero-order valence-corrected chi connectivity index (χ0v) is 13.1. The Morgan fingerprint density at radius 2 is 2.30 bits per heavy atom. The quantitative estimate of drug-likeness (QED) is 0.882. The van der Waals surface area contributed by atoms with Gasteiger partial charge in [-0.05, 0) is 45.6 Å². The normalized spacial score (nSPS) is 14.4. The van der Waals surface area contributed by atoms with Crippen LogP contribution in [0.4, 0.5) is 16.2 Å². The van der Waals surface area contributed by atoms with Crippen LogP contribution in [-0.4, -0.2) is 19.1 Å². The third-order valence-electron chi connectivity index (χ3n) is 3.16. The number of amides is 2. The molecule has 2 N–H and O–H groups in total. The summed E-state index contributed by atoms with van der Waals surface area (Å²) in [4.78, 5) is 14.7. The largest absolute Gasteiger partial charge is 0.380 e. The van der Waals surface area contributed by atoms with Gasteiger partial charge >= 0.3 is 6.03 Å². The molecule has 1 aromatic carbocycles. The minimum atomic E-state index is -0.0249. The van der Waals surface area contributed by atoms with Crippen LogP contribution in [0.5, 0.6) is 0 Å². The molecule has 0 aliphatic carbocycles. The van der Waals surface area contributed by atoms with E-state index in [0.717, 1.165) is 28.9 Å². The maximum atomic E-state index is 11.7. The van der Waals surface area contributed by atoms with Gasteiger partial charge in [-0.2, -0.15) is 0 Å². The molecule has 6 heteroatoms. The standard InChI is InChI=1S/C14H14BrN3OS/c15-12-4-7-20-13(12)9-17-10-2-1-3-11(8-10)18-6-5-16-14(18)19/h1-4,7-8,17H,5-6,9H2,(H,16,19). The van der Waals surface area contributed by atoms with Gasteiger partial charge in [-0.25, -0.2) is 4.79 Å². The molecular formula is C14H14BrN3OS. The number of carbonyl (C=O) groups excluding carboxylic acids is 1. The van der Waals surface area contributed by atoms with E-state index in [2.05, 4.69) is 31.9 Å². The Labute approximate surface area is 129 Å². The molecule has 1 fully saturated rings. The fourth-order valence-corrected chi connectivity index (χ4v) is 3.57. The lowest BCUT2D eigenvalue weighted by Crippen LogP contribution is -2.27. The molecule has 0 bridgehead atoms. The van der Waals surface area contributed by atoms with Crippen LogP contribution in [0.2, 0.25) is 0 Å². The van der Waals surface area contributed by atoms with Gasteiger partial charge in [0.25, 0.3) is 0 Å². The van der Waals surface area contributed by atoms with E-state index in [9.17, 15) is 4.79 Å². The Morgan fingerprint density at radius 3 is 3.00 bits per heavy atom. The molecule has 2 heterocycles. The van der Waals surface area contributed by atoms with Crippen molar-refractivity contribution in [2.75, 3.05) is 23.3 Å². The van der Waals surface area contributed by atoms with Gasteiger partial charge in [0.05, 0.1) is 6.54 Å². The van der Waals surface area contributed by atoms with Crippen molar-refractivity contribution in [3.05, 3.63) is 45.1 Å². The van der Waals surface area contributed by atoms with Crippen molar-refractivity contribution < 1.29 is 4.79 Å². The summed E-state index contributed by atoms with van der Waals surface area (Å²) in [6.07, 6.45) is 0. The molecule has 1 saturated heterocycles. The Kier molecular flexibility index (Phi) is 3.93. The molecule has 0 atom stereocenters. The molecule has 1 aliphatic rings. The number of nitrogens with one attached hydrogen (secondary N) is 2. The molecule has 0 spiro atoms. The first-order valence-electron chi connectivity index (χ1n) is 6.35. The molecule has 0 radical (unpaired) electrons. The van der Waals surface area contributed by atoms with Crippen LogP contribution >= 0.6 is 27.3 Å². The van der Waals surface area contributed by atoms with Crippen LogP contribution in [0, 0.1) is 0 Å². The van der Waals surface area contributed by atoms with E-state index < -0.39 is 0 Å². The predicted molar refractivity (Wildman–Crippen MR) is 86.5 cm³/mol. The van der Waals surface area contributed by atoms with Gasteiger partial charge in [0.1, 0.15) is 0 Å². The van der Waals surface area contributed by atoms with E-state index >= 15 is 0 Å². The number of hydrogen-bond acceptors (Lipinski definition) is 3. The van der Waals surface area contributed by atoms with Crippen molar-refractivity contribution in [1.82, 2.24) is 5.32 Å². The summed E-state index contributed by atoms with van der Waals surface area (Å²) in [6.45, 7) is 2.20. The van der Waals surface area contributed by atoms with E-state index in [-0.39, 0.29) is 6.03 Å². The van der Waals surface area contributed by atoms with Crippen LogP contribution in [0.3, 0.4) is 0 Å². The number of hydrogen-bond donors (Lipinski definition) is 2. The topological polar surface area (TPSA) is 44.4 Å². The number of nitrogens with zero attached hydrogens (tertiary/aromatic N) is 1. The fraction of sp³-hybridized carbons (Fsp3) is 0.214. The van der Waals surface area contributed by atoms with Gasteiger partial charge in [0.15, 0.2) is 0 Å². The van der Waals surface area contributed by atoms with Crippen LogP contribution < -0.4 is 15.5 Å². The molecule has 104 valence electrons. The smallest absolute Gasteiger partial charge is 0.321 e. The SMILES string of the molecule is O=C1NCCN1c1cccc(NCc2sccc2Br)c1. The van der Waals surface area contributed by atoms with Crippen molar-refractivity contribution in [3.63, 3.8) is 0 Å².